The number of hydrogen-bond acceptors (Lipinski definition) is 7. The van der Waals surface area contributed by atoms with Crippen molar-refractivity contribution >= 4 is 22.8 Å². The van der Waals surface area contributed by atoms with E-state index in [1.54, 1.807) is 48.5 Å². The number of para-hydroxylation sites is 2. The summed E-state index contributed by atoms with van der Waals surface area (Å²) >= 11 is 0. The summed E-state index contributed by atoms with van der Waals surface area (Å²) in [7, 11) is 0. The zero-order chi connectivity index (χ0) is 26.2. The third kappa shape index (κ3) is 6.46. The number of carboxylic acid groups (broad SMARTS) is 1. The first kappa shape index (κ1) is 25.3. The van der Waals surface area contributed by atoms with Crippen LogP contribution < -0.4 is 25.0 Å². The van der Waals surface area contributed by atoms with Crippen LogP contribution in [0.15, 0.2) is 88.3 Å². The summed E-state index contributed by atoms with van der Waals surface area (Å²) in [5, 5.41) is 12.2. The minimum atomic E-state index is -1.15. The fraction of sp³-hybridized carbons (Fsp3) is 0.179. The van der Waals surface area contributed by atoms with Crippen molar-refractivity contribution in [3.8, 4) is 23.0 Å². The highest BCUT2D eigenvalue weighted by atomic mass is 16.5. The van der Waals surface area contributed by atoms with Crippen molar-refractivity contribution in [1.82, 2.24) is 5.32 Å². The standard InChI is InChI=1S/C28H25NO8/c1-2-34-22-10-6-7-11-23(22)37-25-16-36-24-15-19(12-13-20(24)27(25)31)35-17-26(30)29-21(28(32)33)14-18-8-4-3-5-9-18/h3-13,15-16,21H,2,14,17H2,1H3,(H,29,30)(H,32,33)/t21-/m1/s1. The van der Waals surface area contributed by atoms with E-state index in [0.29, 0.717) is 18.1 Å². The lowest BCUT2D eigenvalue weighted by Crippen LogP contribution is -2.44. The van der Waals surface area contributed by atoms with Crippen LogP contribution in [0.5, 0.6) is 23.0 Å². The maximum Gasteiger partial charge on any atom is 0.326 e. The van der Waals surface area contributed by atoms with E-state index in [0.717, 1.165) is 5.56 Å². The van der Waals surface area contributed by atoms with E-state index in [-0.39, 0.29) is 34.3 Å². The minimum Gasteiger partial charge on any atom is -0.490 e. The van der Waals surface area contributed by atoms with Gasteiger partial charge in [0.05, 0.1) is 12.0 Å². The molecule has 4 rings (SSSR count). The Bertz CT molecular complexity index is 1450. The van der Waals surface area contributed by atoms with E-state index in [1.165, 1.54) is 24.5 Å². The Morgan fingerprint density at radius 3 is 2.41 bits per heavy atom. The van der Waals surface area contributed by atoms with E-state index in [9.17, 15) is 19.5 Å². The van der Waals surface area contributed by atoms with E-state index >= 15 is 0 Å². The molecule has 190 valence electrons. The molecular weight excluding hydrogens is 478 g/mol. The van der Waals surface area contributed by atoms with Gasteiger partial charge in [-0.1, -0.05) is 42.5 Å². The largest absolute Gasteiger partial charge is 0.490 e. The number of amides is 1. The van der Waals surface area contributed by atoms with Crippen LogP contribution in [-0.2, 0) is 16.0 Å². The molecule has 0 unspecified atom stereocenters. The number of ether oxygens (including phenoxy) is 3. The molecule has 0 aliphatic carbocycles. The summed E-state index contributed by atoms with van der Waals surface area (Å²) in [5.74, 6) is -0.593. The van der Waals surface area contributed by atoms with Crippen LogP contribution in [0, 0.1) is 0 Å². The highest BCUT2D eigenvalue weighted by molar-refractivity contribution is 5.85. The van der Waals surface area contributed by atoms with Crippen molar-refractivity contribution in [2.24, 2.45) is 0 Å². The average molecular weight is 504 g/mol. The Hall–Kier alpha value is -4.79. The summed E-state index contributed by atoms with van der Waals surface area (Å²) in [4.78, 5) is 36.8. The number of aliphatic carboxylic acids is 1. The molecule has 0 aliphatic rings. The first-order valence-corrected chi connectivity index (χ1v) is 11.6. The van der Waals surface area contributed by atoms with Crippen LogP contribution >= 0.6 is 0 Å². The number of rotatable bonds is 11. The monoisotopic (exact) mass is 503 g/mol. The zero-order valence-electron chi connectivity index (χ0n) is 20.0. The highest BCUT2D eigenvalue weighted by Crippen LogP contribution is 2.31. The second-order valence-electron chi connectivity index (χ2n) is 8.01. The summed E-state index contributed by atoms with van der Waals surface area (Å²) < 4.78 is 22.4. The molecule has 37 heavy (non-hydrogen) atoms. The van der Waals surface area contributed by atoms with Gasteiger partial charge in [-0.15, -0.1) is 0 Å². The van der Waals surface area contributed by atoms with Gasteiger partial charge in [-0.3, -0.25) is 9.59 Å². The highest BCUT2D eigenvalue weighted by Gasteiger charge is 2.21. The third-order valence-electron chi connectivity index (χ3n) is 5.37. The van der Waals surface area contributed by atoms with Gasteiger partial charge in [0, 0.05) is 12.5 Å². The van der Waals surface area contributed by atoms with E-state index in [1.807, 2.05) is 13.0 Å². The SMILES string of the molecule is CCOc1ccccc1Oc1coc2cc(OCC(=O)N[C@H](Cc3ccccc3)C(=O)O)ccc2c1=O. The van der Waals surface area contributed by atoms with E-state index in [4.69, 9.17) is 18.6 Å². The molecule has 1 aromatic heterocycles. The van der Waals surface area contributed by atoms with Gasteiger partial charge in [-0.05, 0) is 36.8 Å². The molecule has 1 amide bonds. The van der Waals surface area contributed by atoms with Gasteiger partial charge in [0.25, 0.3) is 5.91 Å². The Balaban J connectivity index is 1.42. The summed E-state index contributed by atoms with van der Waals surface area (Å²) in [5.41, 5.74) is 0.633. The average Bonchev–Trinajstić information content (AvgIpc) is 2.90. The number of benzene rings is 3. The van der Waals surface area contributed by atoms with Crippen LogP contribution in [0.2, 0.25) is 0 Å². The summed E-state index contributed by atoms with van der Waals surface area (Å²) in [6, 6.07) is 19.4. The van der Waals surface area contributed by atoms with Crippen LogP contribution in [0.1, 0.15) is 12.5 Å². The van der Waals surface area contributed by atoms with Crippen LogP contribution in [-0.4, -0.2) is 36.2 Å². The van der Waals surface area contributed by atoms with Gasteiger partial charge in [-0.25, -0.2) is 4.79 Å². The second kappa shape index (κ2) is 11.8. The van der Waals surface area contributed by atoms with Crippen LogP contribution in [0.4, 0.5) is 0 Å². The number of nitrogens with one attached hydrogen (secondary N) is 1. The normalized spacial score (nSPS) is 11.5. The second-order valence-corrected chi connectivity index (χ2v) is 8.01. The first-order valence-electron chi connectivity index (χ1n) is 11.6. The lowest BCUT2D eigenvalue weighted by molar-refractivity contribution is -0.142. The molecule has 0 radical (unpaired) electrons. The van der Waals surface area contributed by atoms with Crippen LogP contribution in [0.3, 0.4) is 0 Å². The molecule has 9 heteroatoms. The van der Waals surface area contributed by atoms with Gasteiger partial charge in [-0.2, -0.15) is 0 Å². The molecule has 0 saturated carbocycles. The molecule has 9 nitrogen and oxygen atoms in total. The molecule has 4 aromatic rings. The van der Waals surface area contributed by atoms with Gasteiger partial charge >= 0.3 is 5.97 Å². The third-order valence-corrected chi connectivity index (χ3v) is 5.37. The first-order chi connectivity index (χ1) is 17.9. The fourth-order valence-corrected chi connectivity index (χ4v) is 3.61. The quantitative estimate of drug-likeness (QED) is 0.312. The van der Waals surface area contributed by atoms with Crippen molar-refractivity contribution in [2.45, 2.75) is 19.4 Å². The van der Waals surface area contributed by atoms with Crippen molar-refractivity contribution in [3.05, 3.63) is 94.8 Å². The molecule has 0 aliphatic heterocycles. The molecule has 3 aromatic carbocycles. The van der Waals surface area contributed by atoms with Gasteiger partial charge < -0.3 is 29.1 Å². The fourth-order valence-electron chi connectivity index (χ4n) is 3.61. The molecular formula is C28H25NO8. The minimum absolute atomic E-state index is 0.00849. The molecule has 2 N–H and O–H groups in total. The molecule has 0 saturated heterocycles. The Morgan fingerprint density at radius 1 is 0.946 bits per heavy atom. The van der Waals surface area contributed by atoms with E-state index in [2.05, 4.69) is 5.32 Å². The Morgan fingerprint density at radius 2 is 1.68 bits per heavy atom. The topological polar surface area (TPSA) is 124 Å². The predicted molar refractivity (Wildman–Crippen MR) is 135 cm³/mol. The zero-order valence-corrected chi connectivity index (χ0v) is 20.0. The number of fused-ring (bicyclic) bond motifs is 1. The number of carbonyl (C=O) groups is 2. The molecule has 0 spiro atoms. The number of hydrogen-bond donors (Lipinski definition) is 2. The molecule has 0 fully saturated rings. The summed E-state index contributed by atoms with van der Waals surface area (Å²) in [6.45, 7) is 1.88. The lowest BCUT2D eigenvalue weighted by Gasteiger charge is -2.15. The number of carboxylic acids is 1. The maximum absolute atomic E-state index is 12.9. The molecule has 1 heterocycles. The van der Waals surface area contributed by atoms with Crippen LogP contribution in [0.25, 0.3) is 11.0 Å². The summed E-state index contributed by atoms with van der Waals surface area (Å²) in [6.07, 6.45) is 1.34. The van der Waals surface area contributed by atoms with Crippen molar-refractivity contribution in [2.75, 3.05) is 13.2 Å². The van der Waals surface area contributed by atoms with Crippen molar-refractivity contribution in [3.63, 3.8) is 0 Å². The Labute approximate surface area is 212 Å². The maximum atomic E-state index is 12.9. The van der Waals surface area contributed by atoms with Crippen molar-refractivity contribution < 1.29 is 33.3 Å². The smallest absolute Gasteiger partial charge is 0.326 e. The van der Waals surface area contributed by atoms with Gasteiger partial charge in [0.1, 0.15) is 23.6 Å². The number of carbonyl (C=O) groups excluding carboxylic acids is 1. The molecule has 1 atom stereocenters. The van der Waals surface area contributed by atoms with Gasteiger partial charge in [0.15, 0.2) is 18.1 Å². The van der Waals surface area contributed by atoms with Crippen molar-refractivity contribution in [1.29, 1.82) is 0 Å². The Kier molecular flexibility index (Phi) is 8.05. The molecule has 0 bridgehead atoms. The predicted octanol–water partition coefficient (Wildman–Crippen LogP) is 4.17. The van der Waals surface area contributed by atoms with Gasteiger partial charge in [0.2, 0.25) is 11.2 Å². The lowest BCUT2D eigenvalue weighted by atomic mass is 10.1. The van der Waals surface area contributed by atoms with E-state index < -0.39 is 24.5 Å².